The lowest BCUT2D eigenvalue weighted by Gasteiger charge is -2.00. The van der Waals surface area contributed by atoms with Crippen LogP contribution in [0.15, 0.2) is 41.3 Å². The molecule has 3 nitrogen and oxygen atoms in total. The van der Waals surface area contributed by atoms with Gasteiger partial charge in [-0.3, -0.25) is 4.98 Å². The van der Waals surface area contributed by atoms with Crippen molar-refractivity contribution in [3.8, 4) is 6.07 Å². The van der Waals surface area contributed by atoms with Crippen LogP contribution in [0.4, 0.5) is 0 Å². The van der Waals surface area contributed by atoms with Crippen molar-refractivity contribution in [1.29, 1.82) is 5.26 Å². The molecule has 0 spiro atoms. The number of nitriles is 1. The molecule has 0 N–H and O–H groups in total. The zero-order valence-corrected chi connectivity index (χ0v) is 9.90. The van der Waals surface area contributed by atoms with E-state index < -0.39 is 0 Å². The average Bonchev–Trinajstić information content (AvgIpc) is 2.78. The highest BCUT2D eigenvalue weighted by Crippen LogP contribution is 2.29. The molecule has 17 heavy (non-hydrogen) atoms. The van der Waals surface area contributed by atoms with Crippen LogP contribution in [0.25, 0.3) is 10.6 Å². The van der Waals surface area contributed by atoms with E-state index in [9.17, 15) is 0 Å². The molecule has 0 aliphatic carbocycles. The molecule has 0 aliphatic rings. The topological polar surface area (TPSA) is 49.8 Å². The molecule has 2 aromatic heterocycles. The number of hydrogen-bond donors (Lipinski definition) is 0. The molecule has 0 saturated heterocycles. The Labute approximate surface area is 104 Å². The molecule has 0 unspecified atom stereocenters. The average molecular weight is 245 g/mol. The summed E-state index contributed by atoms with van der Waals surface area (Å²) in [7, 11) is 0. The van der Waals surface area contributed by atoms with E-state index in [0.717, 1.165) is 5.76 Å². The van der Waals surface area contributed by atoms with Crippen molar-refractivity contribution in [2.45, 2.75) is 6.92 Å². The third kappa shape index (κ3) is 2.38. The van der Waals surface area contributed by atoms with Crippen molar-refractivity contribution < 1.29 is 4.42 Å². The van der Waals surface area contributed by atoms with Gasteiger partial charge in [-0.1, -0.05) is 17.7 Å². The summed E-state index contributed by atoms with van der Waals surface area (Å²) in [5.74, 6) is 0.752. The minimum absolute atomic E-state index is 0.373. The lowest BCUT2D eigenvalue weighted by Crippen LogP contribution is -1.85. The summed E-state index contributed by atoms with van der Waals surface area (Å²) in [5, 5.41) is 9.54. The Kier molecular flexibility index (Phi) is 3.27. The van der Waals surface area contributed by atoms with Crippen LogP contribution in [0.5, 0.6) is 0 Å². The summed E-state index contributed by atoms with van der Waals surface area (Å²) in [5.41, 5.74) is 1.78. The zero-order chi connectivity index (χ0) is 12.3. The number of nitrogens with zero attached hydrogens (tertiary/aromatic N) is 2. The van der Waals surface area contributed by atoms with E-state index in [1.807, 2.05) is 6.92 Å². The first kappa shape index (κ1) is 11.4. The molecule has 2 aromatic rings. The molecule has 0 atom stereocenters. The summed E-state index contributed by atoms with van der Waals surface area (Å²) in [6, 6.07) is 7.43. The van der Waals surface area contributed by atoms with Crippen molar-refractivity contribution in [1.82, 2.24) is 4.98 Å². The second-order valence-electron chi connectivity index (χ2n) is 3.49. The van der Waals surface area contributed by atoms with Gasteiger partial charge in [0.15, 0.2) is 0 Å². The Morgan fingerprint density at radius 2 is 2.29 bits per heavy atom. The molecule has 2 rings (SSSR count). The van der Waals surface area contributed by atoms with Crippen LogP contribution in [0, 0.1) is 18.3 Å². The van der Waals surface area contributed by atoms with Gasteiger partial charge in [0.2, 0.25) is 0 Å². The Bertz CT molecular complexity index is 593. The van der Waals surface area contributed by atoms with Crippen molar-refractivity contribution in [2.24, 2.45) is 0 Å². The summed E-state index contributed by atoms with van der Waals surface area (Å²) in [6.07, 6.45) is 4.79. The third-order valence-corrected chi connectivity index (χ3v) is 2.67. The Hall–Kier alpha value is -2.05. The van der Waals surface area contributed by atoms with Crippen LogP contribution >= 0.6 is 11.6 Å². The van der Waals surface area contributed by atoms with Crippen molar-refractivity contribution in [2.75, 3.05) is 0 Å². The maximum absolute atomic E-state index is 9.17. The number of furan rings is 1. The first-order valence-corrected chi connectivity index (χ1v) is 5.36. The Morgan fingerprint density at radius 1 is 1.47 bits per heavy atom. The van der Waals surface area contributed by atoms with Crippen molar-refractivity contribution in [3.63, 3.8) is 0 Å². The summed E-state index contributed by atoms with van der Waals surface area (Å²) in [6.45, 7) is 1.82. The molecule has 0 aliphatic heterocycles. The Morgan fingerprint density at radius 3 is 2.82 bits per heavy atom. The van der Waals surface area contributed by atoms with E-state index in [-0.39, 0.29) is 0 Å². The van der Waals surface area contributed by atoms with Gasteiger partial charge >= 0.3 is 0 Å². The van der Waals surface area contributed by atoms with E-state index >= 15 is 0 Å². The number of hydrogen-bond acceptors (Lipinski definition) is 3. The number of aromatic nitrogens is 1. The lowest BCUT2D eigenvalue weighted by molar-refractivity contribution is 0.534. The smallest absolute Gasteiger partial charge is 0.101 e. The standard InChI is InChI=1S/C13H9ClN2O/c1-9-5-11(8-17-9)13(14)12(6-15)10-3-2-4-16-7-10/h2-5,7-8H,1H3/b13-12+. The van der Waals surface area contributed by atoms with Gasteiger partial charge in [0.25, 0.3) is 0 Å². The van der Waals surface area contributed by atoms with Gasteiger partial charge in [0, 0.05) is 23.5 Å². The quantitative estimate of drug-likeness (QED) is 0.758. The number of halogens is 1. The van der Waals surface area contributed by atoms with E-state index in [1.54, 1.807) is 30.6 Å². The fourth-order valence-corrected chi connectivity index (χ4v) is 1.70. The molecule has 0 fully saturated rings. The first-order chi connectivity index (χ1) is 8.22. The number of aryl methyl sites for hydroxylation is 1. The van der Waals surface area contributed by atoms with E-state index in [1.165, 1.54) is 6.26 Å². The number of pyridine rings is 1. The molecule has 0 aromatic carbocycles. The van der Waals surface area contributed by atoms with Gasteiger partial charge in [0.05, 0.1) is 16.9 Å². The number of rotatable bonds is 2. The van der Waals surface area contributed by atoms with Crippen LogP contribution in [0.1, 0.15) is 16.9 Å². The second kappa shape index (κ2) is 4.86. The molecule has 0 bridgehead atoms. The fraction of sp³-hybridized carbons (Fsp3) is 0.0769. The highest BCUT2D eigenvalue weighted by molar-refractivity contribution is 6.53. The second-order valence-corrected chi connectivity index (χ2v) is 3.87. The van der Waals surface area contributed by atoms with Gasteiger partial charge in [-0.05, 0) is 19.1 Å². The van der Waals surface area contributed by atoms with Gasteiger partial charge < -0.3 is 4.42 Å². The summed E-state index contributed by atoms with van der Waals surface area (Å²) in [4.78, 5) is 3.97. The highest BCUT2D eigenvalue weighted by Gasteiger charge is 2.11. The summed E-state index contributed by atoms with van der Waals surface area (Å²) < 4.78 is 5.17. The van der Waals surface area contributed by atoms with Crippen LogP contribution in [0.3, 0.4) is 0 Å². The maximum Gasteiger partial charge on any atom is 0.101 e. The molecule has 4 heteroatoms. The van der Waals surface area contributed by atoms with Gasteiger partial charge in [-0.2, -0.15) is 5.26 Å². The largest absolute Gasteiger partial charge is 0.469 e. The lowest BCUT2D eigenvalue weighted by atomic mass is 10.1. The summed E-state index contributed by atoms with van der Waals surface area (Å²) >= 11 is 6.19. The molecule has 0 amide bonds. The maximum atomic E-state index is 9.17. The predicted molar refractivity (Wildman–Crippen MR) is 66.0 cm³/mol. The van der Waals surface area contributed by atoms with Crippen molar-refractivity contribution in [3.05, 3.63) is 53.7 Å². The van der Waals surface area contributed by atoms with Crippen LogP contribution in [-0.4, -0.2) is 4.98 Å². The third-order valence-electron chi connectivity index (χ3n) is 2.27. The Balaban J connectivity index is 2.52. The highest BCUT2D eigenvalue weighted by atomic mass is 35.5. The molecular weight excluding hydrogens is 236 g/mol. The fourth-order valence-electron chi connectivity index (χ4n) is 1.45. The normalized spacial score (nSPS) is 11.8. The van der Waals surface area contributed by atoms with Gasteiger partial charge in [0.1, 0.15) is 11.8 Å². The zero-order valence-electron chi connectivity index (χ0n) is 9.14. The van der Waals surface area contributed by atoms with Gasteiger partial charge in [-0.15, -0.1) is 0 Å². The molecular formula is C13H9ClN2O. The van der Waals surface area contributed by atoms with Gasteiger partial charge in [-0.25, -0.2) is 0 Å². The molecule has 0 radical (unpaired) electrons. The minimum Gasteiger partial charge on any atom is -0.469 e. The molecule has 2 heterocycles. The molecule has 84 valence electrons. The predicted octanol–water partition coefficient (Wildman–Crippen LogP) is 3.61. The molecule has 0 saturated carbocycles. The SMILES string of the molecule is Cc1cc(/C(Cl)=C(/C#N)c2cccnc2)co1. The van der Waals surface area contributed by atoms with E-state index in [4.69, 9.17) is 21.3 Å². The first-order valence-electron chi connectivity index (χ1n) is 4.98. The van der Waals surface area contributed by atoms with Crippen LogP contribution in [-0.2, 0) is 0 Å². The monoisotopic (exact) mass is 244 g/mol. The van der Waals surface area contributed by atoms with Crippen LogP contribution < -0.4 is 0 Å². The number of allylic oxidation sites excluding steroid dienone is 1. The van der Waals surface area contributed by atoms with E-state index in [0.29, 0.717) is 21.7 Å². The minimum atomic E-state index is 0.373. The van der Waals surface area contributed by atoms with Crippen LogP contribution in [0.2, 0.25) is 0 Å². The van der Waals surface area contributed by atoms with Crippen molar-refractivity contribution >= 4 is 22.2 Å². The van der Waals surface area contributed by atoms with E-state index in [2.05, 4.69) is 11.1 Å².